The number of anilines is 1. The van der Waals surface area contributed by atoms with Crippen LogP contribution in [0.15, 0.2) is 4.79 Å². The van der Waals surface area contributed by atoms with Crippen LogP contribution in [0.4, 0.5) is 5.95 Å². The van der Waals surface area contributed by atoms with Crippen molar-refractivity contribution < 1.29 is 4.79 Å². The molecule has 7 heteroatoms. The van der Waals surface area contributed by atoms with Gasteiger partial charge in [0.25, 0.3) is 0 Å². The number of carbonyl (C=O) groups excluding carboxylic acids is 1. The van der Waals surface area contributed by atoms with E-state index < -0.39 is 11.4 Å². The van der Waals surface area contributed by atoms with E-state index in [2.05, 4.69) is 10.4 Å². The van der Waals surface area contributed by atoms with Gasteiger partial charge in [-0.25, -0.2) is 9.48 Å². The van der Waals surface area contributed by atoms with Crippen molar-refractivity contribution in [3.63, 3.8) is 0 Å². The number of nitrogens with two attached hydrogens (primary N) is 1. The van der Waals surface area contributed by atoms with Crippen molar-refractivity contribution in [2.45, 2.75) is 32.9 Å². The van der Waals surface area contributed by atoms with E-state index >= 15 is 0 Å². The Balaban J connectivity index is 3.33. The van der Waals surface area contributed by atoms with Gasteiger partial charge in [0.2, 0.25) is 11.9 Å². The van der Waals surface area contributed by atoms with Gasteiger partial charge in [-0.15, -0.1) is 5.10 Å². The molecule has 7 nitrogen and oxygen atoms in total. The Morgan fingerprint density at radius 3 is 2.44 bits per heavy atom. The summed E-state index contributed by atoms with van der Waals surface area (Å²) in [7, 11) is 1.63. The SMILES string of the molecule is CNc1nn(C(C)(C)C)c(=O)n1CC(N)=O. The molecule has 0 aliphatic rings. The summed E-state index contributed by atoms with van der Waals surface area (Å²) < 4.78 is 2.54. The van der Waals surface area contributed by atoms with Crippen molar-refractivity contribution in [1.29, 1.82) is 0 Å². The average Bonchev–Trinajstić information content (AvgIpc) is 2.42. The molecule has 0 spiro atoms. The molecule has 16 heavy (non-hydrogen) atoms. The van der Waals surface area contributed by atoms with Gasteiger partial charge in [-0.05, 0) is 20.8 Å². The molecule has 90 valence electrons. The van der Waals surface area contributed by atoms with E-state index in [4.69, 9.17) is 5.73 Å². The third kappa shape index (κ3) is 2.23. The number of nitrogens with one attached hydrogen (secondary N) is 1. The molecule has 1 aromatic heterocycles. The van der Waals surface area contributed by atoms with Gasteiger partial charge in [0.05, 0.1) is 5.54 Å². The fourth-order valence-electron chi connectivity index (χ4n) is 1.32. The number of amides is 1. The van der Waals surface area contributed by atoms with Crippen molar-refractivity contribution >= 4 is 11.9 Å². The van der Waals surface area contributed by atoms with E-state index in [0.29, 0.717) is 5.95 Å². The van der Waals surface area contributed by atoms with E-state index in [1.807, 2.05) is 20.8 Å². The Morgan fingerprint density at radius 1 is 1.50 bits per heavy atom. The zero-order valence-corrected chi connectivity index (χ0v) is 9.94. The maximum atomic E-state index is 11.9. The van der Waals surface area contributed by atoms with Gasteiger partial charge in [-0.1, -0.05) is 0 Å². The summed E-state index contributed by atoms with van der Waals surface area (Å²) in [6, 6.07) is 0. The molecular weight excluding hydrogens is 210 g/mol. The maximum absolute atomic E-state index is 11.9. The van der Waals surface area contributed by atoms with Crippen molar-refractivity contribution in [2.75, 3.05) is 12.4 Å². The zero-order chi connectivity index (χ0) is 12.5. The molecule has 0 fully saturated rings. The fourth-order valence-corrected chi connectivity index (χ4v) is 1.32. The summed E-state index contributed by atoms with van der Waals surface area (Å²) in [5.74, 6) is -0.245. The van der Waals surface area contributed by atoms with Gasteiger partial charge in [0.1, 0.15) is 6.54 Å². The van der Waals surface area contributed by atoms with Gasteiger partial charge < -0.3 is 11.1 Å². The normalized spacial score (nSPS) is 11.5. The highest BCUT2D eigenvalue weighted by atomic mass is 16.2. The van der Waals surface area contributed by atoms with Crippen LogP contribution >= 0.6 is 0 Å². The minimum absolute atomic E-state index is 0.176. The summed E-state index contributed by atoms with van der Waals surface area (Å²) in [5, 5.41) is 6.86. The second-order valence-electron chi connectivity index (χ2n) is 4.49. The van der Waals surface area contributed by atoms with Crippen LogP contribution in [-0.2, 0) is 16.9 Å². The minimum atomic E-state index is -0.577. The highest BCUT2D eigenvalue weighted by molar-refractivity contribution is 5.73. The third-order valence-electron chi connectivity index (χ3n) is 2.04. The molecule has 1 rings (SSSR count). The molecular formula is C9H17N5O2. The second-order valence-corrected chi connectivity index (χ2v) is 4.49. The largest absolute Gasteiger partial charge is 0.368 e. The molecule has 0 radical (unpaired) electrons. The van der Waals surface area contributed by atoms with Crippen molar-refractivity contribution in [2.24, 2.45) is 5.73 Å². The molecule has 0 saturated carbocycles. The first-order valence-corrected chi connectivity index (χ1v) is 4.93. The van der Waals surface area contributed by atoms with E-state index in [1.54, 1.807) is 7.05 Å². The third-order valence-corrected chi connectivity index (χ3v) is 2.04. The lowest BCUT2D eigenvalue weighted by atomic mass is 10.1. The Hall–Kier alpha value is -1.79. The summed E-state index contributed by atoms with van der Waals surface area (Å²) in [5.41, 5.74) is 4.28. The summed E-state index contributed by atoms with van der Waals surface area (Å²) in [4.78, 5) is 22.8. The predicted molar refractivity (Wildman–Crippen MR) is 60.2 cm³/mol. The summed E-state index contributed by atoms with van der Waals surface area (Å²) >= 11 is 0. The molecule has 0 saturated heterocycles. The minimum Gasteiger partial charge on any atom is -0.368 e. The van der Waals surface area contributed by atoms with Gasteiger partial charge in [0, 0.05) is 7.05 Å². The number of hydrogen-bond acceptors (Lipinski definition) is 4. The van der Waals surface area contributed by atoms with Crippen molar-refractivity contribution in [3.05, 3.63) is 10.5 Å². The second kappa shape index (κ2) is 3.99. The Morgan fingerprint density at radius 2 is 2.06 bits per heavy atom. The molecule has 3 N–H and O–H groups in total. The van der Waals surface area contributed by atoms with Crippen molar-refractivity contribution in [3.8, 4) is 0 Å². The molecule has 0 bridgehead atoms. The van der Waals surface area contributed by atoms with Gasteiger partial charge >= 0.3 is 5.69 Å². The number of hydrogen-bond donors (Lipinski definition) is 2. The number of nitrogens with zero attached hydrogens (tertiary/aromatic N) is 3. The quantitative estimate of drug-likeness (QED) is 0.715. The maximum Gasteiger partial charge on any atom is 0.348 e. The molecule has 0 aliphatic heterocycles. The lowest BCUT2D eigenvalue weighted by Gasteiger charge is -2.16. The van der Waals surface area contributed by atoms with E-state index in [9.17, 15) is 9.59 Å². The number of primary amides is 1. The van der Waals surface area contributed by atoms with E-state index in [-0.39, 0.29) is 12.2 Å². The first kappa shape index (κ1) is 12.3. The highest BCUT2D eigenvalue weighted by Gasteiger charge is 2.22. The zero-order valence-electron chi connectivity index (χ0n) is 9.94. The van der Waals surface area contributed by atoms with E-state index in [1.165, 1.54) is 9.25 Å². The van der Waals surface area contributed by atoms with Gasteiger partial charge in [0.15, 0.2) is 0 Å². The molecule has 0 aliphatic carbocycles. The van der Waals surface area contributed by atoms with Crippen LogP contribution in [0.1, 0.15) is 20.8 Å². The monoisotopic (exact) mass is 227 g/mol. The van der Waals surface area contributed by atoms with Gasteiger partial charge in [-0.2, -0.15) is 0 Å². The molecule has 1 aromatic rings. The lowest BCUT2D eigenvalue weighted by Crippen LogP contribution is -2.37. The predicted octanol–water partition coefficient (Wildman–Crippen LogP) is -0.673. The summed E-state index contributed by atoms with van der Waals surface area (Å²) in [6.07, 6.45) is 0. The molecule has 0 unspecified atom stereocenters. The molecule has 1 heterocycles. The topological polar surface area (TPSA) is 94.9 Å². The first-order chi connectivity index (χ1) is 7.27. The van der Waals surface area contributed by atoms with Crippen LogP contribution in [0.3, 0.4) is 0 Å². The Labute approximate surface area is 93.2 Å². The number of aromatic nitrogens is 3. The smallest absolute Gasteiger partial charge is 0.348 e. The average molecular weight is 227 g/mol. The Kier molecular flexibility index (Phi) is 3.06. The standard InChI is InChI=1S/C9H17N5O2/c1-9(2,3)14-8(16)13(5-6(10)15)7(11-4)12-14/h5H2,1-4H3,(H2,10,15)(H,11,12). The first-order valence-electron chi connectivity index (χ1n) is 4.93. The van der Waals surface area contributed by atoms with Crippen LogP contribution in [0, 0.1) is 0 Å². The number of rotatable bonds is 3. The Bertz CT molecular complexity index is 451. The van der Waals surface area contributed by atoms with Crippen LogP contribution < -0.4 is 16.7 Å². The molecule has 0 aromatic carbocycles. The summed E-state index contributed by atoms with van der Waals surface area (Å²) in [6.45, 7) is 5.39. The molecule has 0 atom stereocenters. The molecule has 1 amide bonds. The van der Waals surface area contributed by atoms with Crippen LogP contribution in [0.25, 0.3) is 0 Å². The van der Waals surface area contributed by atoms with Crippen LogP contribution in [0.5, 0.6) is 0 Å². The van der Waals surface area contributed by atoms with E-state index in [0.717, 1.165) is 0 Å². The fraction of sp³-hybridized carbons (Fsp3) is 0.667. The van der Waals surface area contributed by atoms with Crippen LogP contribution in [0.2, 0.25) is 0 Å². The lowest BCUT2D eigenvalue weighted by molar-refractivity contribution is -0.118. The van der Waals surface area contributed by atoms with Gasteiger partial charge in [-0.3, -0.25) is 9.36 Å². The van der Waals surface area contributed by atoms with Crippen molar-refractivity contribution in [1.82, 2.24) is 14.3 Å². The van der Waals surface area contributed by atoms with Crippen LogP contribution in [-0.4, -0.2) is 27.3 Å². The number of carbonyl (C=O) groups is 1. The highest BCUT2D eigenvalue weighted by Crippen LogP contribution is 2.11.